The SMILES string of the molecule is CCc1cc([C@H](c2ccc(OC)c(OC)c2)[NH+]2CCOCC2)c(NC(=O)c2ccccc2)s1. The number of rotatable bonds is 8. The Balaban J connectivity index is 1.77. The smallest absolute Gasteiger partial charge is 0.256 e. The van der Waals surface area contributed by atoms with Crippen molar-refractivity contribution in [3.63, 3.8) is 0 Å². The highest BCUT2D eigenvalue weighted by molar-refractivity contribution is 7.16. The summed E-state index contributed by atoms with van der Waals surface area (Å²) in [6.45, 7) is 5.36. The van der Waals surface area contributed by atoms with Gasteiger partial charge < -0.3 is 24.4 Å². The summed E-state index contributed by atoms with van der Waals surface area (Å²) in [6, 6.07) is 17.7. The van der Waals surface area contributed by atoms with Crippen LogP contribution in [0.5, 0.6) is 11.5 Å². The lowest BCUT2D eigenvalue weighted by Gasteiger charge is -2.32. The van der Waals surface area contributed by atoms with Crippen LogP contribution in [0.25, 0.3) is 0 Å². The number of anilines is 1. The van der Waals surface area contributed by atoms with Crippen molar-refractivity contribution in [1.29, 1.82) is 0 Å². The highest BCUT2D eigenvalue weighted by Crippen LogP contribution is 2.38. The van der Waals surface area contributed by atoms with E-state index in [1.807, 2.05) is 36.4 Å². The number of amides is 1. The fourth-order valence-corrected chi connectivity index (χ4v) is 5.33. The first-order chi connectivity index (χ1) is 16.1. The number of hydrogen-bond acceptors (Lipinski definition) is 5. The molecule has 33 heavy (non-hydrogen) atoms. The van der Waals surface area contributed by atoms with Crippen LogP contribution < -0.4 is 19.7 Å². The van der Waals surface area contributed by atoms with Crippen molar-refractivity contribution in [2.75, 3.05) is 45.8 Å². The molecule has 1 saturated heterocycles. The minimum Gasteiger partial charge on any atom is -0.493 e. The molecule has 4 rings (SSSR count). The zero-order valence-electron chi connectivity index (χ0n) is 19.4. The van der Waals surface area contributed by atoms with E-state index in [4.69, 9.17) is 14.2 Å². The molecule has 1 amide bonds. The Labute approximate surface area is 199 Å². The molecule has 0 saturated carbocycles. The topological polar surface area (TPSA) is 61.2 Å². The van der Waals surface area contributed by atoms with Gasteiger partial charge in [-0.3, -0.25) is 4.79 Å². The molecule has 174 valence electrons. The van der Waals surface area contributed by atoms with E-state index in [2.05, 4.69) is 30.4 Å². The first-order valence-electron chi connectivity index (χ1n) is 11.3. The number of nitrogens with one attached hydrogen (secondary N) is 2. The van der Waals surface area contributed by atoms with Gasteiger partial charge in [-0.2, -0.15) is 0 Å². The summed E-state index contributed by atoms with van der Waals surface area (Å²) in [7, 11) is 3.30. The first-order valence-corrected chi connectivity index (χ1v) is 12.1. The van der Waals surface area contributed by atoms with Crippen LogP contribution in [0.1, 0.15) is 39.3 Å². The predicted molar refractivity (Wildman–Crippen MR) is 131 cm³/mol. The zero-order valence-corrected chi connectivity index (χ0v) is 20.2. The van der Waals surface area contributed by atoms with E-state index in [1.54, 1.807) is 25.6 Å². The van der Waals surface area contributed by atoms with Crippen molar-refractivity contribution in [2.45, 2.75) is 19.4 Å². The van der Waals surface area contributed by atoms with Crippen LogP contribution >= 0.6 is 11.3 Å². The van der Waals surface area contributed by atoms with Gasteiger partial charge in [0, 0.05) is 21.6 Å². The summed E-state index contributed by atoms with van der Waals surface area (Å²) < 4.78 is 16.7. The number of benzene rings is 2. The number of quaternary nitrogens is 1. The van der Waals surface area contributed by atoms with E-state index in [0.717, 1.165) is 48.9 Å². The van der Waals surface area contributed by atoms with E-state index in [9.17, 15) is 4.79 Å². The van der Waals surface area contributed by atoms with Gasteiger partial charge in [0.15, 0.2) is 11.5 Å². The lowest BCUT2D eigenvalue weighted by atomic mass is 9.97. The van der Waals surface area contributed by atoms with Crippen molar-refractivity contribution in [1.82, 2.24) is 0 Å². The summed E-state index contributed by atoms with van der Waals surface area (Å²) in [5.41, 5.74) is 2.90. The number of hydrogen-bond donors (Lipinski definition) is 2. The van der Waals surface area contributed by atoms with Crippen molar-refractivity contribution in [2.24, 2.45) is 0 Å². The quantitative estimate of drug-likeness (QED) is 0.532. The van der Waals surface area contributed by atoms with Crippen molar-refractivity contribution >= 4 is 22.2 Å². The van der Waals surface area contributed by atoms with Gasteiger partial charge in [0.25, 0.3) is 5.91 Å². The van der Waals surface area contributed by atoms with Crippen LogP contribution in [0, 0.1) is 0 Å². The largest absolute Gasteiger partial charge is 0.493 e. The van der Waals surface area contributed by atoms with Crippen molar-refractivity contribution in [3.05, 3.63) is 76.2 Å². The standard InChI is InChI=1S/C26H30N2O4S/c1-4-20-17-21(26(33-20)27-25(29)18-8-6-5-7-9-18)24(28-12-14-32-15-13-28)19-10-11-22(30-2)23(16-19)31-3/h5-11,16-17,24H,4,12-15H2,1-3H3,(H,27,29)/p+1/t24-/m0/s1. The van der Waals surface area contributed by atoms with E-state index in [-0.39, 0.29) is 11.9 Å². The molecular weight excluding hydrogens is 436 g/mol. The molecule has 3 aromatic rings. The molecule has 0 spiro atoms. The number of ether oxygens (including phenoxy) is 3. The average molecular weight is 468 g/mol. The number of aryl methyl sites for hydroxylation is 1. The summed E-state index contributed by atoms with van der Waals surface area (Å²) in [5.74, 6) is 1.31. The summed E-state index contributed by atoms with van der Waals surface area (Å²) in [4.78, 5) is 15.7. The monoisotopic (exact) mass is 467 g/mol. The number of methoxy groups -OCH3 is 2. The lowest BCUT2D eigenvalue weighted by molar-refractivity contribution is -0.933. The Hall–Kier alpha value is -2.87. The van der Waals surface area contributed by atoms with Crippen LogP contribution in [0.3, 0.4) is 0 Å². The maximum Gasteiger partial charge on any atom is 0.256 e. The Morgan fingerprint density at radius 3 is 2.45 bits per heavy atom. The molecule has 1 aromatic heterocycles. The van der Waals surface area contributed by atoms with Gasteiger partial charge in [-0.25, -0.2) is 0 Å². The second-order valence-electron chi connectivity index (χ2n) is 7.99. The third kappa shape index (κ3) is 5.21. The minimum atomic E-state index is -0.0932. The highest BCUT2D eigenvalue weighted by Gasteiger charge is 2.32. The van der Waals surface area contributed by atoms with Crippen molar-refractivity contribution in [3.8, 4) is 11.5 Å². The van der Waals surface area contributed by atoms with Gasteiger partial charge in [-0.15, -0.1) is 11.3 Å². The fraction of sp³-hybridized carbons (Fsp3) is 0.346. The molecular formula is C26H31N2O4S+. The van der Waals surface area contributed by atoms with Gasteiger partial charge in [0.2, 0.25) is 0 Å². The number of thiophene rings is 1. The van der Waals surface area contributed by atoms with E-state index in [1.165, 1.54) is 9.78 Å². The average Bonchev–Trinajstić information content (AvgIpc) is 3.27. The van der Waals surface area contributed by atoms with E-state index < -0.39 is 0 Å². The molecule has 1 aliphatic rings. The molecule has 1 fully saturated rings. The maximum absolute atomic E-state index is 13.0. The molecule has 0 unspecified atom stereocenters. The molecule has 0 radical (unpaired) electrons. The van der Waals surface area contributed by atoms with Crippen LogP contribution in [-0.2, 0) is 11.2 Å². The second-order valence-corrected chi connectivity index (χ2v) is 9.13. The van der Waals surface area contributed by atoms with Gasteiger partial charge in [-0.05, 0) is 42.8 Å². The summed E-state index contributed by atoms with van der Waals surface area (Å²) in [6.07, 6.45) is 0.913. The van der Waals surface area contributed by atoms with E-state index >= 15 is 0 Å². The molecule has 2 heterocycles. The molecule has 0 bridgehead atoms. The van der Waals surface area contributed by atoms with Crippen molar-refractivity contribution < 1.29 is 23.9 Å². The molecule has 0 aliphatic carbocycles. The summed E-state index contributed by atoms with van der Waals surface area (Å²) >= 11 is 1.65. The zero-order chi connectivity index (χ0) is 23.2. The van der Waals surface area contributed by atoms with Crippen LogP contribution in [0.4, 0.5) is 5.00 Å². The number of carbonyl (C=O) groups excluding carboxylic acids is 1. The Kier molecular flexibility index (Phi) is 7.65. The third-order valence-electron chi connectivity index (χ3n) is 6.02. The molecule has 2 aromatic carbocycles. The van der Waals surface area contributed by atoms with Gasteiger partial charge >= 0.3 is 0 Å². The molecule has 1 atom stereocenters. The fourth-order valence-electron chi connectivity index (χ4n) is 4.30. The van der Waals surface area contributed by atoms with Crippen LogP contribution in [0.15, 0.2) is 54.6 Å². The Bertz CT molecular complexity index is 1080. The molecule has 1 aliphatic heterocycles. The lowest BCUT2D eigenvalue weighted by Crippen LogP contribution is -3.14. The molecule has 6 nitrogen and oxygen atoms in total. The summed E-state index contributed by atoms with van der Waals surface area (Å²) in [5, 5.41) is 4.10. The van der Waals surface area contributed by atoms with Gasteiger partial charge in [0.05, 0.1) is 27.4 Å². The van der Waals surface area contributed by atoms with E-state index in [0.29, 0.717) is 17.1 Å². The number of carbonyl (C=O) groups is 1. The second kappa shape index (κ2) is 10.8. The molecule has 7 heteroatoms. The van der Waals surface area contributed by atoms with Gasteiger partial charge in [-0.1, -0.05) is 25.1 Å². The Morgan fingerprint density at radius 2 is 1.79 bits per heavy atom. The molecule has 2 N–H and O–H groups in total. The van der Waals surface area contributed by atoms with Crippen LogP contribution in [0.2, 0.25) is 0 Å². The van der Waals surface area contributed by atoms with Gasteiger partial charge in [0.1, 0.15) is 24.1 Å². The Morgan fingerprint density at radius 1 is 1.06 bits per heavy atom. The predicted octanol–water partition coefficient (Wildman–Crippen LogP) is 3.58. The maximum atomic E-state index is 13.0. The third-order valence-corrected chi connectivity index (χ3v) is 7.23. The highest BCUT2D eigenvalue weighted by atomic mass is 32.1. The van der Waals surface area contributed by atoms with Crippen LogP contribution in [-0.4, -0.2) is 46.4 Å². The minimum absolute atomic E-state index is 0.0383. The first kappa shape index (κ1) is 23.3. The normalized spacial score (nSPS) is 15.1. The number of morpholine rings is 1.